The lowest BCUT2D eigenvalue weighted by Crippen LogP contribution is -2.25. The van der Waals surface area contributed by atoms with E-state index in [1.165, 1.54) is 23.0 Å². The highest BCUT2D eigenvalue weighted by Crippen LogP contribution is 2.41. The van der Waals surface area contributed by atoms with Gasteiger partial charge in [0, 0.05) is 22.4 Å². The number of amides is 2. The van der Waals surface area contributed by atoms with E-state index in [2.05, 4.69) is 5.32 Å². The molecule has 3 rings (SSSR count). The third-order valence-corrected chi connectivity index (χ3v) is 4.69. The van der Waals surface area contributed by atoms with Gasteiger partial charge in [-0.3, -0.25) is 9.59 Å². The molecule has 1 fully saturated rings. The second kappa shape index (κ2) is 5.50. The number of hydrogen-bond donors (Lipinski definition) is 2. The molecule has 2 unspecified atom stereocenters. The van der Waals surface area contributed by atoms with Crippen molar-refractivity contribution in [2.75, 3.05) is 0 Å². The Balaban J connectivity index is 1.61. The molecular formula is C15H13ClN2O2S. The minimum absolute atomic E-state index is 0.137. The second-order valence-electron chi connectivity index (χ2n) is 5.04. The quantitative estimate of drug-likeness (QED) is 0.909. The van der Waals surface area contributed by atoms with E-state index >= 15 is 0 Å². The Morgan fingerprint density at radius 2 is 2.00 bits per heavy atom. The molecular weight excluding hydrogens is 308 g/mol. The van der Waals surface area contributed by atoms with Crippen molar-refractivity contribution >= 4 is 34.8 Å². The van der Waals surface area contributed by atoms with Crippen LogP contribution in [0.1, 0.15) is 37.9 Å². The maximum absolute atomic E-state index is 12.1. The predicted molar refractivity (Wildman–Crippen MR) is 82.9 cm³/mol. The summed E-state index contributed by atoms with van der Waals surface area (Å²) in [6.07, 6.45) is 0.918. The van der Waals surface area contributed by atoms with Crippen LogP contribution < -0.4 is 11.1 Å². The van der Waals surface area contributed by atoms with E-state index in [9.17, 15) is 9.59 Å². The third kappa shape index (κ3) is 3.09. The lowest BCUT2D eigenvalue weighted by molar-refractivity contribution is 0.0954. The molecule has 0 aliphatic heterocycles. The highest BCUT2D eigenvalue weighted by Gasteiger charge is 2.39. The van der Waals surface area contributed by atoms with E-state index in [1.54, 1.807) is 5.38 Å². The Kier molecular flexibility index (Phi) is 3.69. The summed E-state index contributed by atoms with van der Waals surface area (Å²) in [6, 6.07) is 9.34. The van der Waals surface area contributed by atoms with Gasteiger partial charge in [0.15, 0.2) is 0 Å². The lowest BCUT2D eigenvalue weighted by Gasteiger charge is -2.03. The summed E-state index contributed by atoms with van der Waals surface area (Å²) >= 11 is 7.08. The first-order valence-corrected chi connectivity index (χ1v) is 7.75. The molecule has 108 valence electrons. The molecule has 1 saturated carbocycles. The zero-order valence-electron chi connectivity index (χ0n) is 11.0. The molecule has 6 heteroatoms. The largest absolute Gasteiger partial charge is 0.366 e. The SMILES string of the molecule is NC(=O)c1csc(C(=O)NC2CC2c2ccc(Cl)cc2)c1. The van der Waals surface area contributed by atoms with Crippen LogP contribution in [0.3, 0.4) is 0 Å². The summed E-state index contributed by atoms with van der Waals surface area (Å²) in [6.45, 7) is 0. The molecule has 1 aromatic carbocycles. The summed E-state index contributed by atoms with van der Waals surface area (Å²) in [5.41, 5.74) is 6.72. The monoisotopic (exact) mass is 320 g/mol. The van der Waals surface area contributed by atoms with E-state index in [0.29, 0.717) is 21.4 Å². The van der Waals surface area contributed by atoms with E-state index in [4.69, 9.17) is 17.3 Å². The summed E-state index contributed by atoms with van der Waals surface area (Å²) < 4.78 is 0. The molecule has 0 saturated heterocycles. The van der Waals surface area contributed by atoms with Gasteiger partial charge in [-0.2, -0.15) is 0 Å². The average molecular weight is 321 g/mol. The van der Waals surface area contributed by atoms with E-state index in [0.717, 1.165) is 6.42 Å². The lowest BCUT2D eigenvalue weighted by atomic mass is 10.1. The smallest absolute Gasteiger partial charge is 0.261 e. The normalized spacial score (nSPS) is 20.0. The van der Waals surface area contributed by atoms with Crippen molar-refractivity contribution in [3.63, 3.8) is 0 Å². The van der Waals surface area contributed by atoms with Crippen molar-refractivity contribution in [1.82, 2.24) is 5.32 Å². The van der Waals surface area contributed by atoms with Crippen molar-refractivity contribution in [2.24, 2.45) is 5.73 Å². The summed E-state index contributed by atoms with van der Waals surface area (Å²) in [5.74, 6) is -0.341. The first-order valence-electron chi connectivity index (χ1n) is 6.49. The molecule has 4 nitrogen and oxygen atoms in total. The number of benzene rings is 1. The van der Waals surface area contributed by atoms with Crippen LogP contribution in [0.5, 0.6) is 0 Å². The van der Waals surface area contributed by atoms with Crippen molar-refractivity contribution in [2.45, 2.75) is 18.4 Å². The zero-order chi connectivity index (χ0) is 15.0. The molecule has 1 aliphatic rings. The van der Waals surface area contributed by atoms with Crippen LogP contribution in [0.4, 0.5) is 0 Å². The Hall–Kier alpha value is -1.85. The molecule has 0 bridgehead atoms. The fourth-order valence-electron chi connectivity index (χ4n) is 2.26. The minimum atomic E-state index is -0.518. The van der Waals surface area contributed by atoms with Gasteiger partial charge in [-0.05, 0) is 30.2 Å². The Labute approximate surface area is 130 Å². The number of rotatable bonds is 4. The molecule has 2 amide bonds. The standard InChI is InChI=1S/C15H13ClN2O2S/c16-10-3-1-8(2-4-10)11-6-12(11)18-15(20)13-5-9(7-21-13)14(17)19/h1-5,7,11-12H,6H2,(H2,17,19)(H,18,20). The van der Waals surface area contributed by atoms with E-state index < -0.39 is 5.91 Å². The number of carbonyl (C=O) groups is 2. The highest BCUT2D eigenvalue weighted by molar-refractivity contribution is 7.12. The van der Waals surface area contributed by atoms with Crippen LogP contribution in [0.2, 0.25) is 5.02 Å². The zero-order valence-corrected chi connectivity index (χ0v) is 12.6. The highest BCUT2D eigenvalue weighted by atomic mass is 35.5. The first kappa shape index (κ1) is 14.1. The molecule has 1 aromatic heterocycles. The number of halogens is 1. The third-order valence-electron chi connectivity index (χ3n) is 3.51. The van der Waals surface area contributed by atoms with Crippen molar-refractivity contribution in [3.8, 4) is 0 Å². The number of primary amides is 1. The van der Waals surface area contributed by atoms with E-state index in [1.807, 2.05) is 24.3 Å². The van der Waals surface area contributed by atoms with Crippen molar-refractivity contribution < 1.29 is 9.59 Å². The minimum Gasteiger partial charge on any atom is -0.366 e. The number of thiophene rings is 1. The van der Waals surface area contributed by atoms with Gasteiger partial charge in [-0.1, -0.05) is 23.7 Å². The predicted octanol–water partition coefficient (Wildman–Crippen LogP) is 2.79. The van der Waals surface area contributed by atoms with Gasteiger partial charge in [-0.25, -0.2) is 0 Å². The molecule has 3 N–H and O–H groups in total. The molecule has 2 atom stereocenters. The van der Waals surface area contributed by atoms with Gasteiger partial charge in [0.2, 0.25) is 5.91 Å². The van der Waals surface area contributed by atoms with Crippen LogP contribution in [-0.2, 0) is 0 Å². The Morgan fingerprint density at radius 3 is 2.62 bits per heavy atom. The molecule has 1 aliphatic carbocycles. The number of nitrogens with one attached hydrogen (secondary N) is 1. The average Bonchev–Trinajstić information content (AvgIpc) is 3.03. The second-order valence-corrected chi connectivity index (χ2v) is 6.39. The molecule has 0 radical (unpaired) electrons. The fraction of sp³-hybridized carbons (Fsp3) is 0.200. The van der Waals surface area contributed by atoms with Gasteiger partial charge in [-0.15, -0.1) is 11.3 Å². The fourth-order valence-corrected chi connectivity index (χ4v) is 3.18. The van der Waals surface area contributed by atoms with Crippen LogP contribution >= 0.6 is 22.9 Å². The van der Waals surface area contributed by atoms with Gasteiger partial charge >= 0.3 is 0 Å². The number of carbonyl (C=O) groups excluding carboxylic acids is 2. The Morgan fingerprint density at radius 1 is 1.29 bits per heavy atom. The maximum atomic E-state index is 12.1. The molecule has 1 heterocycles. The van der Waals surface area contributed by atoms with Crippen LogP contribution in [0.15, 0.2) is 35.7 Å². The number of hydrogen-bond acceptors (Lipinski definition) is 3. The van der Waals surface area contributed by atoms with Crippen molar-refractivity contribution in [3.05, 3.63) is 56.7 Å². The summed E-state index contributed by atoms with van der Waals surface area (Å²) in [7, 11) is 0. The summed E-state index contributed by atoms with van der Waals surface area (Å²) in [5, 5.41) is 5.28. The molecule has 0 spiro atoms. The van der Waals surface area contributed by atoms with Gasteiger partial charge < -0.3 is 11.1 Å². The molecule has 2 aromatic rings. The van der Waals surface area contributed by atoms with Gasteiger partial charge in [0.25, 0.3) is 5.91 Å². The van der Waals surface area contributed by atoms with Gasteiger partial charge in [0.05, 0.1) is 10.4 Å². The first-order chi connectivity index (χ1) is 10.0. The van der Waals surface area contributed by atoms with Crippen LogP contribution in [-0.4, -0.2) is 17.9 Å². The topological polar surface area (TPSA) is 72.2 Å². The van der Waals surface area contributed by atoms with Gasteiger partial charge in [0.1, 0.15) is 0 Å². The summed E-state index contributed by atoms with van der Waals surface area (Å²) in [4.78, 5) is 23.6. The van der Waals surface area contributed by atoms with Crippen LogP contribution in [0.25, 0.3) is 0 Å². The van der Waals surface area contributed by atoms with E-state index in [-0.39, 0.29) is 11.9 Å². The maximum Gasteiger partial charge on any atom is 0.261 e. The van der Waals surface area contributed by atoms with Crippen LogP contribution in [0, 0.1) is 0 Å². The number of nitrogens with two attached hydrogens (primary N) is 1. The van der Waals surface area contributed by atoms with Crippen molar-refractivity contribution in [1.29, 1.82) is 0 Å². The Bertz CT molecular complexity index is 696. The molecule has 21 heavy (non-hydrogen) atoms.